The van der Waals surface area contributed by atoms with Crippen LogP contribution in [0.15, 0.2) is 0 Å². The van der Waals surface area contributed by atoms with Crippen LogP contribution < -0.4 is 0 Å². The fourth-order valence-electron chi connectivity index (χ4n) is 2.79. The summed E-state index contributed by atoms with van der Waals surface area (Å²) in [5.41, 5.74) is 0. The van der Waals surface area contributed by atoms with Gasteiger partial charge >= 0.3 is 0 Å². The van der Waals surface area contributed by atoms with Gasteiger partial charge in [-0.15, -0.1) is 0 Å². The summed E-state index contributed by atoms with van der Waals surface area (Å²) in [7, 11) is 5.28. The lowest BCUT2D eigenvalue weighted by Crippen LogP contribution is -2.41. The first-order chi connectivity index (χ1) is 9.74. The number of methoxy groups -OCH3 is 3. The maximum atomic E-state index is 5.63. The zero-order chi connectivity index (χ0) is 15.2. The Balaban J connectivity index is 3.93. The topological polar surface area (TPSA) is 27.7 Å². The zero-order valence-corrected chi connectivity index (χ0v) is 14.3. The van der Waals surface area contributed by atoms with Crippen LogP contribution in [0.25, 0.3) is 0 Å². The van der Waals surface area contributed by atoms with Crippen LogP contribution in [-0.4, -0.2) is 39.6 Å². The monoisotopic (exact) mass is 288 g/mol. The predicted molar refractivity (Wildman–Crippen MR) is 85.3 cm³/mol. The number of hydrogen-bond donors (Lipinski definition) is 0. The molecule has 20 heavy (non-hydrogen) atoms. The average Bonchev–Trinajstić information content (AvgIpc) is 2.48. The van der Waals surface area contributed by atoms with Crippen molar-refractivity contribution < 1.29 is 14.2 Å². The second-order valence-corrected chi connectivity index (χ2v) is 5.57. The van der Waals surface area contributed by atoms with Gasteiger partial charge in [0.05, 0.1) is 12.2 Å². The van der Waals surface area contributed by atoms with Gasteiger partial charge in [0.1, 0.15) is 6.10 Å². The molecule has 0 aromatic heterocycles. The summed E-state index contributed by atoms with van der Waals surface area (Å²) >= 11 is 0. The van der Waals surface area contributed by atoms with Gasteiger partial charge in [0, 0.05) is 21.3 Å². The van der Waals surface area contributed by atoms with Gasteiger partial charge in [0.2, 0.25) is 0 Å². The summed E-state index contributed by atoms with van der Waals surface area (Å²) in [6.45, 7) is 4.38. The summed E-state index contributed by atoms with van der Waals surface area (Å²) in [6, 6.07) is 0. The Kier molecular flexibility index (Phi) is 13.8. The molecule has 0 saturated heterocycles. The van der Waals surface area contributed by atoms with Crippen LogP contribution in [0.3, 0.4) is 0 Å². The maximum absolute atomic E-state index is 5.63. The van der Waals surface area contributed by atoms with E-state index in [4.69, 9.17) is 14.2 Å². The largest absolute Gasteiger partial charge is 0.379 e. The molecule has 0 aliphatic rings. The third kappa shape index (κ3) is 8.23. The molecule has 0 aromatic rings. The molecule has 0 rings (SSSR count). The summed E-state index contributed by atoms with van der Waals surface area (Å²) in [4.78, 5) is 0. The molecule has 0 saturated carbocycles. The Hall–Kier alpha value is -0.120. The van der Waals surface area contributed by atoms with E-state index in [1.54, 1.807) is 21.3 Å². The van der Waals surface area contributed by atoms with Crippen LogP contribution >= 0.6 is 0 Å². The lowest BCUT2D eigenvalue weighted by atomic mass is 9.99. The first kappa shape index (κ1) is 19.9. The summed E-state index contributed by atoms with van der Waals surface area (Å²) < 4.78 is 16.7. The number of rotatable bonds is 14. The van der Waals surface area contributed by atoms with Crippen LogP contribution in [0.5, 0.6) is 0 Å². The Bertz CT molecular complexity index is 193. The van der Waals surface area contributed by atoms with Crippen molar-refractivity contribution in [3.05, 3.63) is 0 Å². The molecule has 3 nitrogen and oxygen atoms in total. The molecule has 0 spiro atoms. The van der Waals surface area contributed by atoms with Gasteiger partial charge in [0.25, 0.3) is 0 Å². The van der Waals surface area contributed by atoms with Crippen molar-refractivity contribution >= 4 is 0 Å². The third-order valence-electron chi connectivity index (χ3n) is 4.11. The van der Waals surface area contributed by atoms with E-state index in [1.165, 1.54) is 44.9 Å². The number of ether oxygens (including phenoxy) is 3. The van der Waals surface area contributed by atoms with Crippen LogP contribution in [0.2, 0.25) is 0 Å². The van der Waals surface area contributed by atoms with Crippen LogP contribution in [0.1, 0.15) is 71.6 Å². The van der Waals surface area contributed by atoms with Gasteiger partial charge in [-0.2, -0.15) is 0 Å². The summed E-state index contributed by atoms with van der Waals surface area (Å²) in [6.07, 6.45) is 11.6. The SMILES string of the molecule is CCCCCCCCCC(OC)[C@@H](OC)[C@H](CC)OC. The molecule has 0 heterocycles. The van der Waals surface area contributed by atoms with Crippen molar-refractivity contribution in [1.82, 2.24) is 0 Å². The van der Waals surface area contributed by atoms with Crippen LogP contribution in [0.4, 0.5) is 0 Å². The fraction of sp³-hybridized carbons (Fsp3) is 1.00. The Morgan fingerprint density at radius 3 is 1.65 bits per heavy atom. The highest BCUT2D eigenvalue weighted by Crippen LogP contribution is 2.19. The van der Waals surface area contributed by atoms with Gasteiger partial charge in [-0.3, -0.25) is 0 Å². The molecule has 0 aliphatic carbocycles. The lowest BCUT2D eigenvalue weighted by Gasteiger charge is -2.30. The van der Waals surface area contributed by atoms with E-state index >= 15 is 0 Å². The molecule has 0 bridgehead atoms. The van der Waals surface area contributed by atoms with Gasteiger partial charge in [0.15, 0.2) is 0 Å². The van der Waals surface area contributed by atoms with E-state index in [0.717, 1.165) is 12.8 Å². The van der Waals surface area contributed by atoms with Crippen molar-refractivity contribution in [3.63, 3.8) is 0 Å². The fourth-order valence-corrected chi connectivity index (χ4v) is 2.79. The van der Waals surface area contributed by atoms with Crippen molar-refractivity contribution in [2.45, 2.75) is 89.9 Å². The molecular formula is C17H36O3. The highest BCUT2D eigenvalue weighted by molar-refractivity contribution is 4.78. The van der Waals surface area contributed by atoms with Gasteiger partial charge < -0.3 is 14.2 Å². The Labute approximate surface area is 126 Å². The molecule has 3 heteroatoms. The summed E-state index contributed by atoms with van der Waals surface area (Å²) in [5.74, 6) is 0. The Morgan fingerprint density at radius 2 is 1.20 bits per heavy atom. The Morgan fingerprint density at radius 1 is 0.650 bits per heavy atom. The second kappa shape index (κ2) is 13.8. The predicted octanol–water partition coefficient (Wildman–Crippen LogP) is 4.58. The van der Waals surface area contributed by atoms with E-state index in [9.17, 15) is 0 Å². The molecule has 0 N–H and O–H groups in total. The third-order valence-corrected chi connectivity index (χ3v) is 4.11. The molecule has 0 amide bonds. The zero-order valence-electron chi connectivity index (χ0n) is 14.3. The average molecular weight is 288 g/mol. The van der Waals surface area contributed by atoms with Crippen molar-refractivity contribution in [2.24, 2.45) is 0 Å². The maximum Gasteiger partial charge on any atom is 0.109 e. The first-order valence-corrected chi connectivity index (χ1v) is 8.33. The minimum Gasteiger partial charge on any atom is -0.379 e. The van der Waals surface area contributed by atoms with Crippen LogP contribution in [0, 0.1) is 0 Å². The second-order valence-electron chi connectivity index (χ2n) is 5.57. The summed E-state index contributed by atoms with van der Waals surface area (Å²) in [5, 5.41) is 0. The van der Waals surface area contributed by atoms with E-state index in [2.05, 4.69) is 13.8 Å². The molecule has 0 aliphatic heterocycles. The number of unbranched alkanes of at least 4 members (excludes halogenated alkanes) is 6. The minimum atomic E-state index is 0.0371. The molecule has 0 fully saturated rings. The van der Waals surface area contributed by atoms with E-state index in [-0.39, 0.29) is 18.3 Å². The lowest BCUT2D eigenvalue weighted by molar-refractivity contribution is -0.110. The standard InChI is InChI=1S/C17H36O3/c1-6-8-9-10-11-12-13-14-16(19-4)17(20-5)15(7-2)18-3/h15-17H,6-14H2,1-5H3/t15-,16?,17-/m0/s1. The molecule has 122 valence electrons. The highest BCUT2D eigenvalue weighted by Gasteiger charge is 2.28. The van der Waals surface area contributed by atoms with E-state index < -0.39 is 0 Å². The highest BCUT2D eigenvalue weighted by atomic mass is 16.6. The van der Waals surface area contributed by atoms with Crippen molar-refractivity contribution in [3.8, 4) is 0 Å². The van der Waals surface area contributed by atoms with Gasteiger partial charge in [-0.05, 0) is 12.8 Å². The van der Waals surface area contributed by atoms with Gasteiger partial charge in [-0.25, -0.2) is 0 Å². The smallest absolute Gasteiger partial charge is 0.109 e. The molecule has 1 unspecified atom stereocenters. The molecule has 0 radical (unpaired) electrons. The molecular weight excluding hydrogens is 252 g/mol. The van der Waals surface area contributed by atoms with E-state index in [1.807, 2.05) is 0 Å². The van der Waals surface area contributed by atoms with Gasteiger partial charge in [-0.1, -0.05) is 58.8 Å². The van der Waals surface area contributed by atoms with Crippen molar-refractivity contribution in [2.75, 3.05) is 21.3 Å². The first-order valence-electron chi connectivity index (χ1n) is 8.33. The quantitative estimate of drug-likeness (QED) is 0.438. The van der Waals surface area contributed by atoms with Crippen LogP contribution in [-0.2, 0) is 14.2 Å². The molecule has 3 atom stereocenters. The van der Waals surface area contributed by atoms with Crippen molar-refractivity contribution in [1.29, 1.82) is 0 Å². The number of hydrogen-bond acceptors (Lipinski definition) is 3. The normalized spacial score (nSPS) is 16.1. The minimum absolute atomic E-state index is 0.0371. The molecule has 0 aromatic carbocycles. The van der Waals surface area contributed by atoms with E-state index in [0.29, 0.717) is 0 Å².